The normalized spacial score (nSPS) is 11.7. The highest BCUT2D eigenvalue weighted by Crippen LogP contribution is 2.16. The molecule has 96 valence electrons. The van der Waals surface area contributed by atoms with Crippen LogP contribution in [0.2, 0.25) is 0 Å². The summed E-state index contributed by atoms with van der Waals surface area (Å²) in [4.78, 5) is 35.1. The minimum atomic E-state index is -1.37. The van der Waals surface area contributed by atoms with Crippen LogP contribution in [-0.2, 0) is 14.3 Å². The lowest BCUT2D eigenvalue weighted by Gasteiger charge is -2.11. The summed E-state index contributed by atoms with van der Waals surface area (Å²) in [6, 6.07) is 6.47. The van der Waals surface area contributed by atoms with Gasteiger partial charge in [0.1, 0.15) is 0 Å². The number of rotatable bonds is 5. The first-order valence-electron chi connectivity index (χ1n) is 5.44. The number of benzene rings is 1. The van der Waals surface area contributed by atoms with Gasteiger partial charge in [0.05, 0.1) is 6.61 Å². The highest BCUT2D eigenvalue weighted by Gasteiger charge is 2.33. The maximum Gasteiger partial charge on any atom is 0.324 e. The minimum Gasteiger partial charge on any atom is -0.465 e. The van der Waals surface area contributed by atoms with E-state index >= 15 is 0 Å². The van der Waals surface area contributed by atoms with Crippen molar-refractivity contribution in [3.05, 3.63) is 34.3 Å². The van der Waals surface area contributed by atoms with Crippen LogP contribution >= 0.6 is 15.9 Å². The van der Waals surface area contributed by atoms with Crippen LogP contribution < -0.4 is 0 Å². The fraction of sp³-hybridized carbons (Fsp3) is 0.308. The van der Waals surface area contributed by atoms with Crippen LogP contribution in [0.4, 0.5) is 0 Å². The number of halogens is 1. The van der Waals surface area contributed by atoms with Crippen molar-refractivity contribution in [2.45, 2.75) is 13.8 Å². The average Bonchev–Trinajstić information content (AvgIpc) is 2.29. The van der Waals surface area contributed by atoms with Crippen molar-refractivity contribution in [2.24, 2.45) is 5.92 Å². The summed E-state index contributed by atoms with van der Waals surface area (Å²) in [5, 5.41) is 0. The molecular formula is C13H13BrO4. The second-order valence-electron chi connectivity index (χ2n) is 3.67. The fourth-order valence-electron chi connectivity index (χ4n) is 1.46. The van der Waals surface area contributed by atoms with Gasteiger partial charge in [0.25, 0.3) is 0 Å². The predicted octanol–water partition coefficient (Wildman–Crippen LogP) is 2.40. The summed E-state index contributed by atoms with van der Waals surface area (Å²) < 4.78 is 5.56. The summed E-state index contributed by atoms with van der Waals surface area (Å²) in [5.74, 6) is -3.21. The molecule has 0 aliphatic carbocycles. The van der Waals surface area contributed by atoms with Crippen molar-refractivity contribution >= 4 is 33.5 Å². The SMILES string of the molecule is CCOC(=O)[C@@H](C(C)=O)C(=O)c1ccc(Br)cc1. The Bertz CT molecular complexity index is 464. The molecule has 0 unspecified atom stereocenters. The van der Waals surface area contributed by atoms with Gasteiger partial charge in [-0.3, -0.25) is 14.4 Å². The molecule has 1 aromatic carbocycles. The third-order valence-corrected chi connectivity index (χ3v) is 2.85. The first-order valence-corrected chi connectivity index (χ1v) is 6.23. The maximum atomic E-state index is 12.1. The van der Waals surface area contributed by atoms with Gasteiger partial charge in [-0.1, -0.05) is 28.1 Å². The lowest BCUT2D eigenvalue weighted by atomic mass is 9.94. The molecule has 0 aromatic heterocycles. The third-order valence-electron chi connectivity index (χ3n) is 2.32. The van der Waals surface area contributed by atoms with Crippen LogP contribution in [0.15, 0.2) is 28.7 Å². The van der Waals surface area contributed by atoms with E-state index in [0.717, 1.165) is 4.47 Å². The predicted molar refractivity (Wildman–Crippen MR) is 69.3 cm³/mol. The molecule has 0 amide bonds. The summed E-state index contributed by atoms with van der Waals surface area (Å²) in [6.45, 7) is 2.97. The number of hydrogen-bond donors (Lipinski definition) is 0. The van der Waals surface area contributed by atoms with Crippen LogP contribution in [0.5, 0.6) is 0 Å². The third kappa shape index (κ3) is 3.50. The molecular weight excluding hydrogens is 300 g/mol. The second kappa shape index (κ2) is 6.44. The van der Waals surface area contributed by atoms with Crippen molar-refractivity contribution in [2.75, 3.05) is 6.61 Å². The summed E-state index contributed by atoms with van der Waals surface area (Å²) in [6.07, 6.45) is 0. The zero-order valence-electron chi connectivity index (χ0n) is 10.1. The van der Waals surface area contributed by atoms with Gasteiger partial charge in [-0.25, -0.2) is 0 Å². The molecule has 0 bridgehead atoms. The van der Waals surface area contributed by atoms with E-state index in [0.29, 0.717) is 5.56 Å². The number of ketones is 2. The summed E-state index contributed by atoms with van der Waals surface area (Å²) >= 11 is 3.24. The van der Waals surface area contributed by atoms with Crippen molar-refractivity contribution in [1.82, 2.24) is 0 Å². The van der Waals surface area contributed by atoms with Crippen LogP contribution in [0, 0.1) is 5.92 Å². The zero-order valence-corrected chi connectivity index (χ0v) is 11.7. The van der Waals surface area contributed by atoms with Crippen LogP contribution in [-0.4, -0.2) is 24.1 Å². The highest BCUT2D eigenvalue weighted by atomic mass is 79.9. The second-order valence-corrected chi connectivity index (χ2v) is 4.58. The van der Waals surface area contributed by atoms with Crippen molar-refractivity contribution in [1.29, 1.82) is 0 Å². The van der Waals surface area contributed by atoms with Gasteiger partial charge in [-0.05, 0) is 26.0 Å². The van der Waals surface area contributed by atoms with E-state index in [1.54, 1.807) is 31.2 Å². The highest BCUT2D eigenvalue weighted by molar-refractivity contribution is 9.10. The van der Waals surface area contributed by atoms with E-state index in [9.17, 15) is 14.4 Å². The molecule has 0 radical (unpaired) electrons. The first kappa shape index (κ1) is 14.6. The molecule has 4 nitrogen and oxygen atoms in total. The number of Topliss-reactive ketones (excluding diaryl/α,β-unsaturated/α-hetero) is 2. The van der Waals surface area contributed by atoms with Crippen LogP contribution in [0.1, 0.15) is 24.2 Å². The Morgan fingerprint density at radius 2 is 1.78 bits per heavy atom. The molecule has 0 aliphatic rings. The van der Waals surface area contributed by atoms with Gasteiger partial charge < -0.3 is 4.74 Å². The molecule has 0 saturated heterocycles. The van der Waals surface area contributed by atoms with E-state index in [1.807, 2.05) is 0 Å². The molecule has 0 heterocycles. The Morgan fingerprint density at radius 3 is 2.22 bits per heavy atom. The van der Waals surface area contributed by atoms with E-state index in [4.69, 9.17) is 4.74 Å². The van der Waals surface area contributed by atoms with Gasteiger partial charge in [-0.2, -0.15) is 0 Å². The van der Waals surface area contributed by atoms with Gasteiger partial charge in [0, 0.05) is 10.0 Å². The molecule has 0 spiro atoms. The molecule has 0 N–H and O–H groups in total. The number of esters is 1. The van der Waals surface area contributed by atoms with Crippen LogP contribution in [0.25, 0.3) is 0 Å². The zero-order chi connectivity index (χ0) is 13.7. The molecule has 18 heavy (non-hydrogen) atoms. The maximum absolute atomic E-state index is 12.1. The van der Waals surface area contributed by atoms with Gasteiger partial charge in [-0.15, -0.1) is 0 Å². The summed E-state index contributed by atoms with van der Waals surface area (Å²) in [7, 11) is 0. The molecule has 1 aromatic rings. The number of carbonyl (C=O) groups is 3. The average molecular weight is 313 g/mol. The Hall–Kier alpha value is -1.49. The molecule has 5 heteroatoms. The quantitative estimate of drug-likeness (QED) is 0.476. The Kier molecular flexibility index (Phi) is 5.22. The number of hydrogen-bond acceptors (Lipinski definition) is 4. The topological polar surface area (TPSA) is 60.4 Å². The lowest BCUT2D eigenvalue weighted by molar-refractivity contribution is -0.148. The largest absolute Gasteiger partial charge is 0.465 e. The minimum absolute atomic E-state index is 0.135. The van der Waals surface area contributed by atoms with E-state index in [2.05, 4.69) is 15.9 Å². The van der Waals surface area contributed by atoms with E-state index < -0.39 is 23.5 Å². The van der Waals surface area contributed by atoms with Gasteiger partial charge >= 0.3 is 5.97 Å². The molecule has 0 fully saturated rings. The van der Waals surface area contributed by atoms with Crippen LogP contribution in [0.3, 0.4) is 0 Å². The smallest absolute Gasteiger partial charge is 0.324 e. The van der Waals surface area contributed by atoms with E-state index in [-0.39, 0.29) is 6.61 Å². The van der Waals surface area contributed by atoms with Crippen molar-refractivity contribution in [3.63, 3.8) is 0 Å². The van der Waals surface area contributed by atoms with Crippen molar-refractivity contribution < 1.29 is 19.1 Å². The number of carbonyl (C=O) groups excluding carboxylic acids is 3. The standard InChI is InChI=1S/C13H13BrO4/c1-3-18-13(17)11(8(2)15)12(16)9-4-6-10(14)7-5-9/h4-7,11H,3H2,1-2H3/t11-/m0/s1. The van der Waals surface area contributed by atoms with Gasteiger partial charge in [0.15, 0.2) is 17.5 Å². The first-order chi connectivity index (χ1) is 8.47. The van der Waals surface area contributed by atoms with Crippen molar-refractivity contribution in [3.8, 4) is 0 Å². The molecule has 1 atom stereocenters. The number of ether oxygens (including phenoxy) is 1. The Morgan fingerprint density at radius 1 is 1.22 bits per heavy atom. The fourth-order valence-corrected chi connectivity index (χ4v) is 1.73. The lowest BCUT2D eigenvalue weighted by Crippen LogP contribution is -2.32. The molecule has 0 saturated carbocycles. The Labute approximate surface area is 113 Å². The molecule has 0 aliphatic heterocycles. The monoisotopic (exact) mass is 312 g/mol. The van der Waals surface area contributed by atoms with Gasteiger partial charge in [0.2, 0.25) is 0 Å². The molecule has 1 rings (SSSR count). The van der Waals surface area contributed by atoms with E-state index in [1.165, 1.54) is 6.92 Å². The summed E-state index contributed by atoms with van der Waals surface area (Å²) in [5.41, 5.74) is 0.312. The Balaban J connectivity index is 3.00.